The van der Waals surface area contributed by atoms with Gasteiger partial charge < -0.3 is 9.15 Å². The lowest BCUT2D eigenvalue weighted by atomic mass is 10.1. The number of pyridine rings is 1. The Morgan fingerprint density at radius 3 is 2.68 bits per heavy atom. The van der Waals surface area contributed by atoms with Crippen LogP contribution in [0.2, 0.25) is 0 Å². The summed E-state index contributed by atoms with van der Waals surface area (Å²) in [6, 6.07) is 12.5. The number of benzene rings is 1. The third-order valence-electron chi connectivity index (χ3n) is 2.90. The molecule has 0 aliphatic heterocycles. The summed E-state index contributed by atoms with van der Waals surface area (Å²) in [5.41, 5.74) is 1.06. The summed E-state index contributed by atoms with van der Waals surface area (Å²) in [4.78, 5) is 16.0. The molecule has 19 heavy (non-hydrogen) atoms. The molecule has 0 fully saturated rings. The molecule has 1 aromatic carbocycles. The lowest BCUT2D eigenvalue weighted by Crippen LogP contribution is -2.00. The van der Waals surface area contributed by atoms with Gasteiger partial charge in [0.05, 0.1) is 18.0 Å². The summed E-state index contributed by atoms with van der Waals surface area (Å²) in [5.74, 6) is 1.25. The van der Waals surface area contributed by atoms with E-state index in [1.165, 1.54) is 0 Å². The van der Waals surface area contributed by atoms with Crippen LogP contribution in [0.15, 0.2) is 57.9 Å². The first-order valence-corrected chi connectivity index (χ1v) is 5.81. The highest BCUT2D eigenvalue weighted by Gasteiger charge is 2.07. The van der Waals surface area contributed by atoms with E-state index in [0.717, 1.165) is 11.3 Å². The minimum atomic E-state index is -0.378. The maximum absolute atomic E-state index is 11.9. The smallest absolute Gasteiger partial charge is 0.345 e. The van der Waals surface area contributed by atoms with E-state index in [1.807, 2.05) is 24.3 Å². The van der Waals surface area contributed by atoms with Crippen LogP contribution in [0.3, 0.4) is 0 Å². The molecule has 3 rings (SSSR count). The molecule has 0 aliphatic rings. The second-order valence-electron chi connectivity index (χ2n) is 4.06. The average molecular weight is 253 g/mol. The minimum absolute atomic E-state index is 0.378. The molecule has 0 N–H and O–H groups in total. The van der Waals surface area contributed by atoms with E-state index in [0.29, 0.717) is 16.7 Å². The second kappa shape index (κ2) is 4.57. The van der Waals surface area contributed by atoms with E-state index in [2.05, 4.69) is 4.98 Å². The molecule has 0 bridgehead atoms. The van der Waals surface area contributed by atoms with Crippen LogP contribution in [0.25, 0.3) is 22.2 Å². The fraction of sp³-hybridized carbons (Fsp3) is 0.0667. The van der Waals surface area contributed by atoms with Crippen LogP contribution in [0.4, 0.5) is 0 Å². The molecule has 4 heteroatoms. The predicted octanol–water partition coefficient (Wildman–Crippen LogP) is 2.86. The molecule has 0 saturated carbocycles. The van der Waals surface area contributed by atoms with Gasteiger partial charge in [0, 0.05) is 17.8 Å². The Morgan fingerprint density at radius 2 is 1.95 bits per heavy atom. The van der Waals surface area contributed by atoms with Crippen molar-refractivity contribution in [2.24, 2.45) is 0 Å². The number of fused-ring (bicyclic) bond motifs is 1. The summed E-state index contributed by atoms with van der Waals surface area (Å²) >= 11 is 0. The van der Waals surface area contributed by atoms with E-state index in [9.17, 15) is 4.79 Å². The summed E-state index contributed by atoms with van der Waals surface area (Å²) in [6.45, 7) is 0. The summed E-state index contributed by atoms with van der Waals surface area (Å²) < 4.78 is 10.4. The molecule has 2 heterocycles. The Bertz CT molecular complexity index is 775. The first-order chi connectivity index (χ1) is 9.28. The topological polar surface area (TPSA) is 52.3 Å². The number of hydrogen-bond donors (Lipinski definition) is 0. The summed E-state index contributed by atoms with van der Waals surface area (Å²) in [5, 5.41) is 0.486. The first kappa shape index (κ1) is 11.5. The summed E-state index contributed by atoms with van der Waals surface area (Å²) in [7, 11) is 1.61. The van der Waals surface area contributed by atoms with Crippen molar-refractivity contribution in [3.8, 4) is 17.1 Å². The van der Waals surface area contributed by atoms with Crippen molar-refractivity contribution in [2.45, 2.75) is 0 Å². The zero-order chi connectivity index (χ0) is 13.2. The maximum Gasteiger partial charge on any atom is 0.345 e. The van der Waals surface area contributed by atoms with Crippen LogP contribution in [0.1, 0.15) is 0 Å². The van der Waals surface area contributed by atoms with E-state index in [4.69, 9.17) is 9.15 Å². The number of ether oxygens (including phenoxy) is 1. The Balaban J connectivity index is 2.16. The second-order valence-corrected chi connectivity index (χ2v) is 4.06. The molecule has 0 saturated heterocycles. The highest BCUT2D eigenvalue weighted by atomic mass is 16.5. The zero-order valence-electron chi connectivity index (χ0n) is 10.3. The molecular formula is C15H11NO3. The fourth-order valence-corrected chi connectivity index (χ4v) is 1.91. The molecule has 0 spiro atoms. The lowest BCUT2D eigenvalue weighted by Gasteiger charge is -2.03. The van der Waals surface area contributed by atoms with Gasteiger partial charge in [-0.1, -0.05) is 0 Å². The molecule has 0 radical (unpaired) electrons. The van der Waals surface area contributed by atoms with E-state index in [1.54, 1.807) is 31.5 Å². The van der Waals surface area contributed by atoms with Gasteiger partial charge in [-0.3, -0.25) is 4.98 Å². The van der Waals surface area contributed by atoms with Gasteiger partial charge in [-0.05, 0) is 36.4 Å². The van der Waals surface area contributed by atoms with E-state index < -0.39 is 0 Å². The van der Waals surface area contributed by atoms with Crippen molar-refractivity contribution in [2.75, 3.05) is 7.11 Å². The van der Waals surface area contributed by atoms with Gasteiger partial charge in [0.1, 0.15) is 11.5 Å². The van der Waals surface area contributed by atoms with Crippen molar-refractivity contribution >= 4 is 10.9 Å². The van der Waals surface area contributed by atoms with Gasteiger partial charge in [-0.2, -0.15) is 0 Å². The third kappa shape index (κ3) is 2.08. The van der Waals surface area contributed by atoms with Crippen molar-refractivity contribution in [1.29, 1.82) is 0 Å². The average Bonchev–Trinajstić information content (AvgIpc) is 2.47. The van der Waals surface area contributed by atoms with E-state index in [-0.39, 0.29) is 5.63 Å². The Morgan fingerprint density at radius 1 is 1.16 bits per heavy atom. The Kier molecular flexibility index (Phi) is 2.76. The van der Waals surface area contributed by atoms with Crippen molar-refractivity contribution in [1.82, 2.24) is 4.98 Å². The molecule has 0 atom stereocenters. The number of aromatic nitrogens is 1. The van der Waals surface area contributed by atoms with Crippen molar-refractivity contribution in [3.63, 3.8) is 0 Å². The van der Waals surface area contributed by atoms with Crippen LogP contribution in [0, 0.1) is 0 Å². The van der Waals surface area contributed by atoms with Gasteiger partial charge in [0.2, 0.25) is 0 Å². The lowest BCUT2D eigenvalue weighted by molar-refractivity contribution is 0.415. The maximum atomic E-state index is 11.9. The predicted molar refractivity (Wildman–Crippen MR) is 72.3 cm³/mol. The van der Waals surface area contributed by atoms with Crippen LogP contribution in [-0.4, -0.2) is 12.1 Å². The summed E-state index contributed by atoms with van der Waals surface area (Å²) in [6.07, 6.45) is 1.65. The zero-order valence-corrected chi connectivity index (χ0v) is 10.3. The Labute approximate surface area is 109 Å². The molecular weight excluding hydrogens is 242 g/mol. The van der Waals surface area contributed by atoms with E-state index >= 15 is 0 Å². The van der Waals surface area contributed by atoms with Gasteiger partial charge in [0.15, 0.2) is 0 Å². The number of rotatable bonds is 2. The third-order valence-corrected chi connectivity index (χ3v) is 2.90. The highest BCUT2D eigenvalue weighted by Crippen LogP contribution is 2.23. The van der Waals surface area contributed by atoms with Crippen molar-refractivity contribution < 1.29 is 9.15 Å². The van der Waals surface area contributed by atoms with Gasteiger partial charge in [-0.25, -0.2) is 4.79 Å². The van der Waals surface area contributed by atoms with Crippen molar-refractivity contribution in [3.05, 3.63) is 59.1 Å². The monoisotopic (exact) mass is 253 g/mol. The minimum Gasteiger partial charge on any atom is -0.497 e. The quantitative estimate of drug-likeness (QED) is 0.704. The highest BCUT2D eigenvalue weighted by molar-refractivity contribution is 5.80. The molecule has 0 amide bonds. The van der Waals surface area contributed by atoms with Gasteiger partial charge in [-0.15, -0.1) is 0 Å². The molecule has 4 nitrogen and oxygen atoms in total. The van der Waals surface area contributed by atoms with Crippen LogP contribution in [-0.2, 0) is 0 Å². The number of nitrogens with zero attached hydrogens (tertiary/aromatic N) is 1. The Hall–Kier alpha value is -2.62. The van der Waals surface area contributed by atoms with Crippen LogP contribution < -0.4 is 10.4 Å². The van der Waals surface area contributed by atoms with Crippen LogP contribution in [0.5, 0.6) is 5.75 Å². The van der Waals surface area contributed by atoms with Gasteiger partial charge in [0.25, 0.3) is 0 Å². The van der Waals surface area contributed by atoms with Gasteiger partial charge >= 0.3 is 5.63 Å². The SMILES string of the molecule is COc1ccc(-c2cc3ncccc3c(=O)o2)cc1. The molecule has 0 aliphatic carbocycles. The number of hydrogen-bond acceptors (Lipinski definition) is 4. The standard InChI is InChI=1S/C15H11NO3/c1-18-11-6-4-10(5-7-11)14-9-13-12(15(17)19-14)3-2-8-16-13/h2-9H,1H3. The molecule has 94 valence electrons. The largest absolute Gasteiger partial charge is 0.497 e. The fourth-order valence-electron chi connectivity index (χ4n) is 1.91. The molecule has 2 aromatic heterocycles. The normalized spacial score (nSPS) is 10.6. The van der Waals surface area contributed by atoms with Crippen LogP contribution >= 0.6 is 0 Å². The first-order valence-electron chi connectivity index (χ1n) is 5.81. The number of methoxy groups -OCH3 is 1. The molecule has 3 aromatic rings. The molecule has 0 unspecified atom stereocenters.